The van der Waals surface area contributed by atoms with E-state index in [9.17, 15) is 48.3 Å². The van der Waals surface area contributed by atoms with E-state index in [4.69, 9.17) is 0 Å². The minimum Gasteiger partial charge on any atom is -0.294 e. The summed E-state index contributed by atoms with van der Waals surface area (Å²) in [7, 11) is -4.43. The number of ketones is 1. The predicted molar refractivity (Wildman–Crippen MR) is 136 cm³/mol. The number of nitrogens with zero attached hydrogens (tertiary/aromatic N) is 1. The molecule has 3 aromatic rings. The van der Waals surface area contributed by atoms with Gasteiger partial charge >= 0.3 is 18.0 Å². The first kappa shape index (κ1) is 31.6. The van der Waals surface area contributed by atoms with Gasteiger partial charge < -0.3 is 0 Å². The molecule has 0 bridgehead atoms. The molecule has 0 saturated heterocycles. The smallest absolute Gasteiger partial charge is 0.294 e. The van der Waals surface area contributed by atoms with Crippen molar-refractivity contribution in [3.05, 3.63) is 95.6 Å². The summed E-state index contributed by atoms with van der Waals surface area (Å²) in [6.45, 7) is 1.78. The summed E-state index contributed by atoms with van der Waals surface area (Å²) in [6, 6.07) is 9.11. The highest BCUT2D eigenvalue weighted by atomic mass is 32.2. The predicted octanol–water partition coefficient (Wildman–Crippen LogP) is 8.03. The van der Waals surface area contributed by atoms with Gasteiger partial charge in [0, 0.05) is 29.9 Å². The van der Waals surface area contributed by atoms with Gasteiger partial charge in [-0.05, 0) is 73.1 Å². The van der Waals surface area contributed by atoms with Gasteiger partial charge in [0.1, 0.15) is 10.6 Å². The Kier molecular flexibility index (Phi) is 8.07. The van der Waals surface area contributed by atoms with Crippen molar-refractivity contribution in [1.29, 1.82) is 0 Å². The van der Waals surface area contributed by atoms with E-state index in [1.54, 1.807) is 19.1 Å². The minimum atomic E-state index is -6.34. The molecule has 0 atom stereocenters. The van der Waals surface area contributed by atoms with E-state index in [0.717, 1.165) is 36.4 Å². The Hall–Kier alpha value is -3.35. The van der Waals surface area contributed by atoms with Crippen molar-refractivity contribution in [3.63, 3.8) is 0 Å². The van der Waals surface area contributed by atoms with Crippen molar-refractivity contribution in [3.8, 4) is 0 Å². The Morgan fingerprint density at radius 3 is 1.86 bits per heavy atom. The van der Waals surface area contributed by atoms with Crippen LogP contribution in [0.5, 0.6) is 0 Å². The molecule has 4 rings (SSSR count). The van der Waals surface area contributed by atoms with Crippen LogP contribution in [-0.2, 0) is 20.3 Å². The molecule has 1 aromatic heterocycles. The molecule has 4 nitrogen and oxygen atoms in total. The zero-order valence-electron chi connectivity index (χ0n) is 22.1. The quantitative estimate of drug-likeness (QED) is 0.153. The summed E-state index contributed by atoms with van der Waals surface area (Å²) in [6.07, 6.45) is -9.80. The third-order valence-electron chi connectivity index (χ3n) is 8.06. The zero-order chi connectivity index (χ0) is 31.2. The summed E-state index contributed by atoms with van der Waals surface area (Å²) >= 11 is 0. The van der Waals surface area contributed by atoms with Gasteiger partial charge in [-0.15, -0.1) is 0 Å². The fraction of sp³-hybridized carbons (Fsp3) is 0.379. The maximum atomic E-state index is 14.7. The van der Waals surface area contributed by atoms with E-state index in [0.29, 0.717) is 5.56 Å². The fourth-order valence-corrected chi connectivity index (χ4v) is 7.63. The van der Waals surface area contributed by atoms with Crippen molar-refractivity contribution in [1.82, 2.24) is 4.98 Å². The molecule has 13 heteroatoms. The normalized spacial score (nSPS) is 22.1. The Balaban J connectivity index is 1.76. The number of hydrogen-bond donors (Lipinski definition) is 0. The van der Waals surface area contributed by atoms with Crippen LogP contribution in [0.25, 0.3) is 0 Å². The second-order valence-corrected chi connectivity index (χ2v) is 13.1. The first-order valence-electron chi connectivity index (χ1n) is 12.7. The van der Waals surface area contributed by atoms with E-state index < -0.39 is 49.4 Å². The highest BCUT2D eigenvalue weighted by molar-refractivity contribution is 7.92. The number of sulfone groups is 1. The van der Waals surface area contributed by atoms with Gasteiger partial charge in [-0.2, -0.15) is 26.3 Å². The van der Waals surface area contributed by atoms with Gasteiger partial charge in [0.15, 0.2) is 15.6 Å². The average Bonchev–Trinajstić information content (AvgIpc) is 2.92. The number of halogens is 8. The number of carbonyl (C=O) groups is 1. The van der Waals surface area contributed by atoms with Gasteiger partial charge in [0.25, 0.3) is 0 Å². The number of benzene rings is 2. The minimum absolute atomic E-state index is 0.0336. The topological polar surface area (TPSA) is 64.1 Å². The number of alkyl halides is 7. The molecular weight excluding hydrogens is 594 g/mol. The Morgan fingerprint density at radius 2 is 1.38 bits per heavy atom. The number of Topliss-reactive ketones (excluding diaryl/α,β-unsaturated/α-hetero) is 1. The van der Waals surface area contributed by atoms with Crippen LogP contribution >= 0.6 is 0 Å². The Morgan fingerprint density at radius 1 is 0.833 bits per heavy atom. The van der Waals surface area contributed by atoms with Crippen LogP contribution in [0, 0.1) is 11.2 Å². The fourth-order valence-electron chi connectivity index (χ4n) is 5.50. The lowest BCUT2D eigenvalue weighted by molar-refractivity contribution is -0.348. The van der Waals surface area contributed by atoms with Crippen molar-refractivity contribution < 1.29 is 48.3 Å². The number of carbonyl (C=O) groups excluding carboxylic acids is 1. The molecule has 42 heavy (non-hydrogen) atoms. The Bertz CT molecular complexity index is 1510. The third-order valence-corrected chi connectivity index (χ3v) is 10.6. The molecule has 1 heterocycles. The molecule has 0 unspecified atom stereocenters. The van der Waals surface area contributed by atoms with Crippen molar-refractivity contribution in [2.45, 2.75) is 66.7 Å². The maximum Gasteiger partial charge on any atom is 0.435 e. The molecular formula is C29H25F8NO3S. The van der Waals surface area contributed by atoms with Crippen LogP contribution in [0.4, 0.5) is 35.1 Å². The van der Waals surface area contributed by atoms with Crippen molar-refractivity contribution in [2.24, 2.45) is 5.41 Å². The van der Waals surface area contributed by atoms with Gasteiger partial charge in [0.2, 0.25) is 0 Å². The Labute approximate surface area is 236 Å². The molecule has 2 aromatic carbocycles. The number of rotatable bonds is 7. The van der Waals surface area contributed by atoms with Crippen molar-refractivity contribution in [2.75, 3.05) is 0 Å². The number of aromatic nitrogens is 1. The molecule has 0 spiro atoms. The molecule has 1 aliphatic carbocycles. The highest BCUT2D eigenvalue weighted by Crippen LogP contribution is 2.56. The lowest BCUT2D eigenvalue weighted by atomic mass is 9.67. The molecule has 1 fully saturated rings. The maximum absolute atomic E-state index is 14.7. The first-order valence-corrected chi connectivity index (χ1v) is 14.2. The molecule has 1 saturated carbocycles. The average molecular weight is 620 g/mol. The molecule has 0 N–H and O–H groups in total. The SMILES string of the molecule is CC1(CC(=O)c2cccnc2)CCC(c2ccc(C(F)(C(F)(F)F)C(F)(F)F)cc2)(S(=O)(=O)c2ccc(F)cc2)CC1. The van der Waals surface area contributed by atoms with Gasteiger partial charge in [-0.3, -0.25) is 9.78 Å². The highest BCUT2D eigenvalue weighted by Gasteiger charge is 2.73. The van der Waals surface area contributed by atoms with Gasteiger partial charge in [-0.25, -0.2) is 17.2 Å². The third kappa shape index (κ3) is 5.43. The number of pyridine rings is 1. The summed E-state index contributed by atoms with van der Waals surface area (Å²) in [4.78, 5) is 16.5. The van der Waals surface area contributed by atoms with E-state index in [2.05, 4.69) is 4.98 Å². The van der Waals surface area contributed by atoms with Crippen LogP contribution in [0.15, 0.2) is 78.0 Å². The second-order valence-electron chi connectivity index (χ2n) is 10.8. The molecule has 0 radical (unpaired) electrons. The largest absolute Gasteiger partial charge is 0.435 e. The summed E-state index contributed by atoms with van der Waals surface area (Å²) in [5, 5.41) is 0. The zero-order valence-corrected chi connectivity index (χ0v) is 22.9. The van der Waals surface area contributed by atoms with Crippen LogP contribution in [0.3, 0.4) is 0 Å². The summed E-state index contributed by atoms with van der Waals surface area (Å²) < 4.78 is 134. The van der Waals surface area contributed by atoms with Crippen LogP contribution < -0.4 is 0 Å². The molecule has 226 valence electrons. The van der Waals surface area contributed by atoms with Crippen LogP contribution in [0.2, 0.25) is 0 Å². The molecule has 0 aliphatic heterocycles. The van der Waals surface area contributed by atoms with E-state index in [1.165, 1.54) is 12.4 Å². The van der Waals surface area contributed by atoms with Crippen molar-refractivity contribution >= 4 is 15.6 Å². The summed E-state index contributed by atoms with van der Waals surface area (Å²) in [5.41, 5.74) is -7.92. The van der Waals surface area contributed by atoms with E-state index in [1.807, 2.05) is 0 Å². The lowest BCUT2D eigenvalue weighted by Crippen LogP contribution is -2.50. The standard InChI is InChI=1S/C29H25F8NO3S/c1-25(17-24(39)19-3-2-16-38-18-19)12-14-26(15-13-25,42(40,41)23-10-8-22(30)9-11-23)20-4-6-21(7-5-20)27(31,28(32,33)34)29(35,36)37/h2-11,16,18H,12-15,17H2,1H3. The summed E-state index contributed by atoms with van der Waals surface area (Å²) in [5.74, 6) is -0.960. The monoisotopic (exact) mass is 619 g/mol. The molecule has 0 amide bonds. The molecule has 1 aliphatic rings. The van der Waals surface area contributed by atoms with Gasteiger partial charge in [0.05, 0.1) is 4.90 Å². The number of hydrogen-bond acceptors (Lipinski definition) is 4. The van der Waals surface area contributed by atoms with E-state index >= 15 is 0 Å². The second kappa shape index (κ2) is 10.7. The van der Waals surface area contributed by atoms with E-state index in [-0.39, 0.29) is 60.5 Å². The van der Waals surface area contributed by atoms with Gasteiger partial charge in [-0.1, -0.05) is 31.2 Å². The van der Waals surface area contributed by atoms with Crippen LogP contribution in [-0.4, -0.2) is 31.5 Å². The lowest BCUT2D eigenvalue weighted by Gasteiger charge is -2.44. The van der Waals surface area contributed by atoms with Crippen LogP contribution in [0.1, 0.15) is 60.5 Å². The first-order chi connectivity index (χ1) is 19.4.